The fourth-order valence-corrected chi connectivity index (χ4v) is 3.60. The average molecular weight is 362 g/mol. The molecule has 3 rings (SSSR count). The van der Waals surface area contributed by atoms with E-state index in [2.05, 4.69) is 0 Å². The molecule has 0 amide bonds. The second-order valence-corrected chi connectivity index (χ2v) is 6.44. The summed E-state index contributed by atoms with van der Waals surface area (Å²) in [6.07, 6.45) is -1.10. The number of aliphatic hydroxyl groups excluding tert-OH is 1. The Hall–Kier alpha value is -2.80. The summed E-state index contributed by atoms with van der Waals surface area (Å²) in [5.41, 5.74) is 1.19. The molecule has 0 bridgehead atoms. The van der Waals surface area contributed by atoms with Crippen LogP contribution in [0.4, 0.5) is 0 Å². The molecule has 0 spiro atoms. The van der Waals surface area contributed by atoms with Crippen molar-refractivity contribution in [2.24, 2.45) is 0 Å². The molecule has 0 radical (unpaired) electrons. The maximum Gasteiger partial charge on any atom is 0.200 e. The quantitative estimate of drug-likeness (QED) is 0.463. The molecule has 0 fully saturated rings. The molecule has 2 unspecified atom stereocenters. The van der Waals surface area contributed by atoms with Crippen molar-refractivity contribution in [2.45, 2.75) is 44.8 Å². The van der Waals surface area contributed by atoms with Gasteiger partial charge in [0.05, 0.1) is 0 Å². The van der Waals surface area contributed by atoms with Crippen molar-refractivity contribution >= 4 is 0 Å². The summed E-state index contributed by atoms with van der Waals surface area (Å²) in [4.78, 5) is 0. The van der Waals surface area contributed by atoms with Gasteiger partial charge in [-0.15, -0.1) is 0 Å². The third-order valence-corrected chi connectivity index (χ3v) is 4.93. The molecule has 7 nitrogen and oxygen atoms in total. The molecule has 3 atom stereocenters. The van der Waals surface area contributed by atoms with Crippen LogP contribution in [-0.2, 0) is 6.42 Å². The van der Waals surface area contributed by atoms with E-state index < -0.39 is 35.4 Å². The molecular formula is C19H22O7. The molecule has 2 aromatic carbocycles. The molecule has 26 heavy (non-hydrogen) atoms. The summed E-state index contributed by atoms with van der Waals surface area (Å²) < 4.78 is 5.92. The molecule has 0 aliphatic carbocycles. The normalized spacial score (nSPS) is 21.9. The summed E-state index contributed by atoms with van der Waals surface area (Å²) in [5, 5.41) is 60.3. The molecule has 0 aromatic heterocycles. The Morgan fingerprint density at radius 2 is 1.50 bits per heavy atom. The zero-order valence-electron chi connectivity index (χ0n) is 14.5. The van der Waals surface area contributed by atoms with Crippen molar-refractivity contribution in [2.75, 3.05) is 0 Å². The van der Waals surface area contributed by atoms with E-state index in [1.54, 1.807) is 0 Å². The van der Waals surface area contributed by atoms with E-state index in [4.69, 9.17) is 4.74 Å². The van der Waals surface area contributed by atoms with Gasteiger partial charge >= 0.3 is 0 Å². The van der Waals surface area contributed by atoms with Crippen LogP contribution in [0.5, 0.6) is 34.5 Å². The Labute approximate surface area is 150 Å². The highest BCUT2D eigenvalue weighted by atomic mass is 16.5. The molecule has 0 saturated carbocycles. The highest BCUT2D eigenvalue weighted by Gasteiger charge is 2.41. The number of hydrogen-bond donors (Lipinski definition) is 6. The van der Waals surface area contributed by atoms with Crippen molar-refractivity contribution in [3.63, 3.8) is 0 Å². The van der Waals surface area contributed by atoms with Crippen LogP contribution in [-0.4, -0.2) is 36.7 Å². The Kier molecular flexibility index (Phi) is 4.50. The van der Waals surface area contributed by atoms with E-state index >= 15 is 0 Å². The van der Waals surface area contributed by atoms with Crippen LogP contribution < -0.4 is 4.74 Å². The number of phenolic OH excluding ortho intramolecular Hbond substituents is 5. The number of benzene rings is 2. The van der Waals surface area contributed by atoms with Gasteiger partial charge in [-0.05, 0) is 25.0 Å². The third kappa shape index (κ3) is 2.64. The first-order valence-electron chi connectivity index (χ1n) is 8.47. The number of phenols is 5. The molecule has 0 saturated heterocycles. The minimum atomic E-state index is -1.07. The fraction of sp³-hybridized carbons (Fsp3) is 0.368. The summed E-state index contributed by atoms with van der Waals surface area (Å²) >= 11 is 0. The van der Waals surface area contributed by atoms with Crippen molar-refractivity contribution in [1.82, 2.24) is 0 Å². The fourth-order valence-electron chi connectivity index (χ4n) is 3.60. The molecule has 1 heterocycles. The average Bonchev–Trinajstić information content (AvgIpc) is 2.59. The largest absolute Gasteiger partial charge is 0.507 e. The van der Waals surface area contributed by atoms with E-state index in [0.29, 0.717) is 29.7 Å². The van der Waals surface area contributed by atoms with E-state index in [0.717, 1.165) is 0 Å². The van der Waals surface area contributed by atoms with Crippen LogP contribution in [0.15, 0.2) is 18.2 Å². The second kappa shape index (κ2) is 6.49. The topological polar surface area (TPSA) is 131 Å². The van der Waals surface area contributed by atoms with Crippen LogP contribution >= 0.6 is 0 Å². The summed E-state index contributed by atoms with van der Waals surface area (Å²) in [5.74, 6) is -2.18. The van der Waals surface area contributed by atoms with E-state index in [-0.39, 0.29) is 17.1 Å². The van der Waals surface area contributed by atoms with Gasteiger partial charge in [0.1, 0.15) is 23.4 Å². The van der Waals surface area contributed by atoms with Crippen LogP contribution in [0.25, 0.3) is 0 Å². The lowest BCUT2D eigenvalue weighted by Crippen LogP contribution is -2.34. The lowest BCUT2D eigenvalue weighted by atomic mass is 9.81. The first kappa shape index (κ1) is 18.0. The van der Waals surface area contributed by atoms with Crippen molar-refractivity contribution in [3.05, 3.63) is 34.9 Å². The number of rotatable bonds is 3. The molecule has 2 aromatic rings. The minimum Gasteiger partial charge on any atom is -0.507 e. The summed E-state index contributed by atoms with van der Waals surface area (Å²) in [6, 6.07) is 3.65. The van der Waals surface area contributed by atoms with Gasteiger partial charge in [0.25, 0.3) is 0 Å². The maximum atomic E-state index is 10.8. The lowest BCUT2D eigenvalue weighted by Gasteiger charge is -2.38. The Bertz CT molecular complexity index is 823. The zero-order chi connectivity index (χ0) is 19.2. The minimum absolute atomic E-state index is 0.106. The van der Waals surface area contributed by atoms with Gasteiger partial charge in [-0.1, -0.05) is 13.8 Å². The number of ether oxygens (including phenoxy) is 1. The first-order chi connectivity index (χ1) is 12.3. The van der Waals surface area contributed by atoms with Crippen molar-refractivity contribution in [1.29, 1.82) is 0 Å². The number of aliphatic hydroxyl groups is 1. The number of fused-ring (bicyclic) bond motifs is 1. The zero-order valence-corrected chi connectivity index (χ0v) is 14.5. The monoisotopic (exact) mass is 362 g/mol. The van der Waals surface area contributed by atoms with Crippen LogP contribution in [0.3, 0.4) is 0 Å². The first-order valence-corrected chi connectivity index (χ1v) is 8.47. The van der Waals surface area contributed by atoms with Crippen molar-refractivity contribution in [3.8, 4) is 34.5 Å². The van der Waals surface area contributed by atoms with Crippen LogP contribution in [0.1, 0.15) is 49.0 Å². The van der Waals surface area contributed by atoms with Gasteiger partial charge in [-0.25, -0.2) is 0 Å². The molecular weight excluding hydrogens is 340 g/mol. The van der Waals surface area contributed by atoms with Gasteiger partial charge in [0.2, 0.25) is 0 Å². The van der Waals surface area contributed by atoms with Gasteiger partial charge in [0.15, 0.2) is 23.4 Å². The highest BCUT2D eigenvalue weighted by Crippen LogP contribution is 2.52. The Morgan fingerprint density at radius 1 is 0.885 bits per heavy atom. The molecule has 6 N–H and O–H groups in total. The molecule has 1 aliphatic rings. The molecule has 7 heteroatoms. The summed E-state index contributed by atoms with van der Waals surface area (Å²) in [7, 11) is 0. The van der Waals surface area contributed by atoms with Gasteiger partial charge in [-0.2, -0.15) is 0 Å². The second-order valence-electron chi connectivity index (χ2n) is 6.44. The standard InChI is InChI=1S/C19H22O7/c1-3-9-11(20)7-12(21)15-10(4-2)16(24)18(26-19(9)15)8-5-13(22)17(25)14(23)6-8/h5-7,10,16,18,20-25H,3-4H2,1-2H3/t10-,16?,18?/m0/s1. The Balaban J connectivity index is 2.19. The number of hydrogen-bond acceptors (Lipinski definition) is 7. The lowest BCUT2D eigenvalue weighted by molar-refractivity contribution is -0.00314. The van der Waals surface area contributed by atoms with Gasteiger partial charge in [0, 0.05) is 28.7 Å². The third-order valence-electron chi connectivity index (χ3n) is 4.93. The van der Waals surface area contributed by atoms with Crippen LogP contribution in [0, 0.1) is 0 Å². The smallest absolute Gasteiger partial charge is 0.200 e. The maximum absolute atomic E-state index is 10.8. The number of aromatic hydroxyl groups is 5. The van der Waals surface area contributed by atoms with E-state index in [9.17, 15) is 30.6 Å². The highest BCUT2D eigenvalue weighted by molar-refractivity contribution is 5.60. The predicted molar refractivity (Wildman–Crippen MR) is 93.0 cm³/mol. The molecule has 1 aliphatic heterocycles. The van der Waals surface area contributed by atoms with Gasteiger partial charge < -0.3 is 35.4 Å². The Morgan fingerprint density at radius 3 is 2.04 bits per heavy atom. The predicted octanol–water partition coefficient (Wildman–Crippen LogP) is 2.77. The van der Waals surface area contributed by atoms with Gasteiger partial charge in [-0.3, -0.25) is 0 Å². The van der Waals surface area contributed by atoms with Crippen LogP contribution in [0.2, 0.25) is 0 Å². The van der Waals surface area contributed by atoms with E-state index in [1.165, 1.54) is 18.2 Å². The SMILES string of the molecule is CCc1c(O)cc(O)c2c1OC(c1cc(O)c(O)c(O)c1)C(O)[C@H]2CC. The summed E-state index contributed by atoms with van der Waals surface area (Å²) in [6.45, 7) is 3.68. The molecule has 140 valence electrons. The van der Waals surface area contributed by atoms with E-state index in [1.807, 2.05) is 13.8 Å². The van der Waals surface area contributed by atoms with Crippen molar-refractivity contribution < 1.29 is 35.4 Å².